The molecule has 0 radical (unpaired) electrons. The van der Waals surface area contributed by atoms with Gasteiger partial charge in [-0.05, 0) is 62.6 Å². The van der Waals surface area contributed by atoms with Crippen LogP contribution in [-0.2, 0) is 14.3 Å². The van der Waals surface area contributed by atoms with Gasteiger partial charge in [0.2, 0.25) is 0 Å². The predicted molar refractivity (Wildman–Crippen MR) is 116 cm³/mol. The van der Waals surface area contributed by atoms with E-state index in [-0.39, 0.29) is 5.91 Å². The first-order chi connectivity index (χ1) is 14.3. The first-order valence-electron chi connectivity index (χ1n) is 10.0. The van der Waals surface area contributed by atoms with Gasteiger partial charge in [-0.1, -0.05) is 23.8 Å². The summed E-state index contributed by atoms with van der Waals surface area (Å²) < 4.78 is 16.5. The number of aryl methyl sites for hydroxylation is 3. The molecule has 1 aliphatic rings. The highest BCUT2D eigenvalue weighted by atomic mass is 16.5. The van der Waals surface area contributed by atoms with E-state index >= 15 is 0 Å². The van der Waals surface area contributed by atoms with Crippen LogP contribution < -0.4 is 14.8 Å². The van der Waals surface area contributed by atoms with Crippen molar-refractivity contribution in [2.24, 2.45) is 0 Å². The summed E-state index contributed by atoms with van der Waals surface area (Å²) >= 11 is 0. The number of fused-ring (bicyclic) bond motifs is 1. The SMILES string of the molecule is Cc1cc(C)c(NC(=O)[C@H](C)OC(=O)/C=C/c2ccc3c(c2)OCCCO3)c(C)c1. The highest BCUT2D eigenvalue weighted by Crippen LogP contribution is 2.30. The summed E-state index contributed by atoms with van der Waals surface area (Å²) in [6.07, 6.45) is 2.82. The van der Waals surface area contributed by atoms with E-state index in [2.05, 4.69) is 5.32 Å². The zero-order valence-electron chi connectivity index (χ0n) is 17.8. The number of rotatable bonds is 5. The smallest absolute Gasteiger partial charge is 0.331 e. The van der Waals surface area contributed by atoms with Gasteiger partial charge in [0.05, 0.1) is 13.2 Å². The second kappa shape index (κ2) is 9.48. The van der Waals surface area contributed by atoms with E-state index in [9.17, 15) is 9.59 Å². The lowest BCUT2D eigenvalue weighted by Crippen LogP contribution is -2.30. The van der Waals surface area contributed by atoms with Crippen LogP contribution in [0.3, 0.4) is 0 Å². The summed E-state index contributed by atoms with van der Waals surface area (Å²) in [4.78, 5) is 24.6. The summed E-state index contributed by atoms with van der Waals surface area (Å²) in [5.41, 5.74) is 4.58. The monoisotopic (exact) mass is 409 g/mol. The standard InChI is InChI=1S/C24H27NO5/c1-15-12-16(2)23(17(3)13-15)25-24(27)18(4)30-22(26)9-7-19-6-8-20-21(14-19)29-11-5-10-28-20/h6-9,12-14,18H,5,10-11H2,1-4H3,(H,25,27)/b9-7+/t18-/m0/s1. The zero-order valence-corrected chi connectivity index (χ0v) is 17.8. The molecule has 6 heteroatoms. The van der Waals surface area contributed by atoms with Crippen molar-refractivity contribution in [3.8, 4) is 11.5 Å². The first kappa shape index (κ1) is 21.4. The Morgan fingerprint density at radius 2 is 1.70 bits per heavy atom. The van der Waals surface area contributed by atoms with Gasteiger partial charge in [0.15, 0.2) is 17.6 Å². The molecular weight excluding hydrogens is 382 g/mol. The van der Waals surface area contributed by atoms with Gasteiger partial charge in [0.25, 0.3) is 5.91 Å². The van der Waals surface area contributed by atoms with Crippen molar-refractivity contribution in [1.82, 2.24) is 0 Å². The van der Waals surface area contributed by atoms with E-state index < -0.39 is 12.1 Å². The van der Waals surface area contributed by atoms with Crippen molar-refractivity contribution >= 4 is 23.6 Å². The lowest BCUT2D eigenvalue weighted by molar-refractivity contribution is -0.148. The number of carbonyl (C=O) groups excluding carboxylic acids is 2. The number of ether oxygens (including phenoxy) is 3. The van der Waals surface area contributed by atoms with E-state index in [1.54, 1.807) is 13.0 Å². The van der Waals surface area contributed by atoms with Crippen molar-refractivity contribution in [3.63, 3.8) is 0 Å². The molecule has 0 aromatic heterocycles. The molecule has 0 saturated carbocycles. The quantitative estimate of drug-likeness (QED) is 0.587. The Bertz CT molecular complexity index is 957. The molecule has 2 aromatic rings. The van der Waals surface area contributed by atoms with Crippen LogP contribution in [0.1, 0.15) is 35.6 Å². The van der Waals surface area contributed by atoms with Crippen LogP contribution in [0.2, 0.25) is 0 Å². The zero-order chi connectivity index (χ0) is 21.7. The van der Waals surface area contributed by atoms with Crippen LogP contribution in [0.5, 0.6) is 11.5 Å². The molecule has 2 aromatic carbocycles. The summed E-state index contributed by atoms with van der Waals surface area (Å²) in [5.74, 6) is 0.378. The Balaban J connectivity index is 1.59. The summed E-state index contributed by atoms with van der Waals surface area (Å²) in [6.45, 7) is 8.64. The Kier molecular flexibility index (Phi) is 6.77. The van der Waals surface area contributed by atoms with Crippen LogP contribution in [0.15, 0.2) is 36.4 Å². The molecule has 6 nitrogen and oxygen atoms in total. The largest absolute Gasteiger partial charge is 0.490 e. The Labute approximate surface area is 176 Å². The Morgan fingerprint density at radius 1 is 1.03 bits per heavy atom. The van der Waals surface area contributed by atoms with Crippen LogP contribution in [-0.4, -0.2) is 31.2 Å². The van der Waals surface area contributed by atoms with E-state index in [1.165, 1.54) is 6.08 Å². The number of carbonyl (C=O) groups is 2. The second-order valence-electron chi connectivity index (χ2n) is 7.43. The maximum atomic E-state index is 12.5. The van der Waals surface area contributed by atoms with Gasteiger partial charge in [-0.25, -0.2) is 4.79 Å². The molecule has 0 unspecified atom stereocenters. The molecule has 3 rings (SSSR count). The van der Waals surface area contributed by atoms with Gasteiger partial charge in [-0.2, -0.15) is 0 Å². The molecule has 0 fully saturated rings. The summed E-state index contributed by atoms with van der Waals surface area (Å²) in [7, 11) is 0. The molecule has 1 aliphatic heterocycles. The van der Waals surface area contributed by atoms with Crippen LogP contribution >= 0.6 is 0 Å². The average molecular weight is 409 g/mol. The van der Waals surface area contributed by atoms with Gasteiger partial charge < -0.3 is 19.5 Å². The Hall–Kier alpha value is -3.28. The van der Waals surface area contributed by atoms with Gasteiger partial charge in [-0.3, -0.25) is 4.79 Å². The third kappa shape index (κ3) is 5.41. The first-order valence-corrected chi connectivity index (χ1v) is 10.0. The van der Waals surface area contributed by atoms with Gasteiger partial charge in [0, 0.05) is 18.2 Å². The number of amides is 1. The lowest BCUT2D eigenvalue weighted by Gasteiger charge is -2.16. The molecular formula is C24H27NO5. The fourth-order valence-electron chi connectivity index (χ4n) is 3.32. The fraction of sp³-hybridized carbons (Fsp3) is 0.333. The average Bonchev–Trinajstić information content (AvgIpc) is 2.93. The predicted octanol–water partition coefficient (Wildman–Crippen LogP) is 4.36. The molecule has 158 valence electrons. The fourth-order valence-corrected chi connectivity index (χ4v) is 3.32. The molecule has 0 saturated heterocycles. The maximum absolute atomic E-state index is 12.5. The molecule has 1 heterocycles. The second-order valence-corrected chi connectivity index (χ2v) is 7.43. The molecule has 0 bridgehead atoms. The molecule has 30 heavy (non-hydrogen) atoms. The van der Waals surface area contributed by atoms with Gasteiger partial charge in [0.1, 0.15) is 0 Å². The Morgan fingerprint density at radius 3 is 2.40 bits per heavy atom. The molecule has 1 amide bonds. The van der Waals surface area contributed by atoms with E-state index in [1.807, 2.05) is 51.1 Å². The minimum Gasteiger partial charge on any atom is -0.490 e. The van der Waals surface area contributed by atoms with E-state index in [0.29, 0.717) is 24.7 Å². The van der Waals surface area contributed by atoms with Gasteiger partial charge >= 0.3 is 5.97 Å². The third-order valence-electron chi connectivity index (χ3n) is 4.77. The summed E-state index contributed by atoms with van der Waals surface area (Å²) in [5, 5.41) is 2.85. The van der Waals surface area contributed by atoms with Crippen LogP contribution in [0.25, 0.3) is 6.08 Å². The maximum Gasteiger partial charge on any atom is 0.331 e. The normalized spacial score (nSPS) is 14.1. The van der Waals surface area contributed by atoms with E-state index in [0.717, 1.165) is 34.4 Å². The minimum absolute atomic E-state index is 0.373. The van der Waals surface area contributed by atoms with Crippen molar-refractivity contribution in [2.45, 2.75) is 40.2 Å². The number of nitrogens with one attached hydrogen (secondary N) is 1. The van der Waals surface area contributed by atoms with Crippen LogP contribution in [0, 0.1) is 20.8 Å². The number of hydrogen-bond donors (Lipinski definition) is 1. The van der Waals surface area contributed by atoms with Gasteiger partial charge in [-0.15, -0.1) is 0 Å². The molecule has 1 N–H and O–H groups in total. The number of anilines is 1. The van der Waals surface area contributed by atoms with Crippen molar-refractivity contribution < 1.29 is 23.8 Å². The van der Waals surface area contributed by atoms with Crippen molar-refractivity contribution in [2.75, 3.05) is 18.5 Å². The van der Waals surface area contributed by atoms with Crippen LogP contribution in [0.4, 0.5) is 5.69 Å². The summed E-state index contributed by atoms with van der Waals surface area (Å²) in [6, 6.07) is 9.45. The van der Waals surface area contributed by atoms with E-state index in [4.69, 9.17) is 14.2 Å². The third-order valence-corrected chi connectivity index (χ3v) is 4.77. The number of hydrogen-bond acceptors (Lipinski definition) is 5. The lowest BCUT2D eigenvalue weighted by atomic mass is 10.0. The molecule has 0 spiro atoms. The molecule has 0 aliphatic carbocycles. The highest BCUT2D eigenvalue weighted by molar-refractivity contribution is 5.97. The highest BCUT2D eigenvalue weighted by Gasteiger charge is 2.18. The van der Waals surface area contributed by atoms with Crippen molar-refractivity contribution in [3.05, 3.63) is 58.7 Å². The topological polar surface area (TPSA) is 73.9 Å². The number of esters is 1. The molecule has 1 atom stereocenters. The number of benzene rings is 2. The minimum atomic E-state index is -0.925. The van der Waals surface area contributed by atoms with Crippen molar-refractivity contribution in [1.29, 1.82) is 0 Å².